The molecule has 6 nitrogen and oxygen atoms in total. The topological polar surface area (TPSA) is 82.4 Å². The lowest BCUT2D eigenvalue weighted by molar-refractivity contribution is -0.112. The van der Waals surface area contributed by atoms with E-state index in [0.29, 0.717) is 10.6 Å². The molecule has 0 saturated heterocycles. The van der Waals surface area contributed by atoms with E-state index in [0.717, 1.165) is 34.8 Å². The largest absolute Gasteiger partial charge is 0.462 e. The summed E-state index contributed by atoms with van der Waals surface area (Å²) in [6.07, 6.45) is 1.54. The van der Waals surface area contributed by atoms with Crippen molar-refractivity contribution in [1.29, 1.82) is 5.26 Å². The highest BCUT2D eigenvalue weighted by Gasteiger charge is 2.23. The first-order valence-electron chi connectivity index (χ1n) is 9.91. The molecule has 0 atom stereocenters. The predicted molar refractivity (Wildman–Crippen MR) is 122 cm³/mol. The Hall–Kier alpha value is -3.11. The van der Waals surface area contributed by atoms with Gasteiger partial charge < -0.3 is 15.0 Å². The third-order valence-corrected chi connectivity index (χ3v) is 5.91. The third-order valence-electron chi connectivity index (χ3n) is 4.79. The Morgan fingerprint density at radius 2 is 1.80 bits per heavy atom. The minimum Gasteiger partial charge on any atom is -0.462 e. The zero-order valence-corrected chi connectivity index (χ0v) is 18.9. The summed E-state index contributed by atoms with van der Waals surface area (Å²) >= 11 is 1.29. The van der Waals surface area contributed by atoms with Crippen LogP contribution in [0.25, 0.3) is 6.08 Å². The lowest BCUT2D eigenvalue weighted by Crippen LogP contribution is -2.21. The second-order valence-electron chi connectivity index (χ2n) is 6.60. The SMILES string of the molecule is CCOC(=O)c1c(NC(=O)C(C#N)=Cc2ccc(N(CC)CC)cc2)sc(C)c1C. The molecule has 2 aromatic rings. The van der Waals surface area contributed by atoms with Gasteiger partial charge in [-0.1, -0.05) is 12.1 Å². The number of anilines is 2. The molecule has 0 saturated carbocycles. The lowest BCUT2D eigenvalue weighted by Gasteiger charge is -2.20. The Balaban J connectivity index is 2.27. The van der Waals surface area contributed by atoms with Gasteiger partial charge in [-0.25, -0.2) is 4.79 Å². The van der Waals surface area contributed by atoms with Crippen LogP contribution < -0.4 is 10.2 Å². The molecule has 1 aromatic carbocycles. The number of nitrogens with one attached hydrogen (secondary N) is 1. The molecule has 0 aliphatic rings. The number of benzene rings is 1. The molecule has 158 valence electrons. The minimum absolute atomic E-state index is 0.0379. The molecule has 1 aromatic heterocycles. The third kappa shape index (κ3) is 5.28. The quantitative estimate of drug-likeness (QED) is 0.368. The number of carbonyl (C=O) groups excluding carboxylic acids is 2. The van der Waals surface area contributed by atoms with E-state index in [4.69, 9.17) is 4.74 Å². The number of thiophene rings is 1. The zero-order chi connectivity index (χ0) is 22.3. The fourth-order valence-electron chi connectivity index (χ4n) is 3.02. The number of rotatable bonds is 8. The number of aryl methyl sites for hydroxylation is 1. The fourth-order valence-corrected chi connectivity index (χ4v) is 4.06. The van der Waals surface area contributed by atoms with Crippen molar-refractivity contribution in [2.75, 3.05) is 29.9 Å². The Morgan fingerprint density at radius 3 is 2.33 bits per heavy atom. The monoisotopic (exact) mass is 425 g/mol. The van der Waals surface area contributed by atoms with Gasteiger partial charge in [-0.05, 0) is 64.0 Å². The van der Waals surface area contributed by atoms with Crippen molar-refractivity contribution in [2.45, 2.75) is 34.6 Å². The number of hydrogen-bond donors (Lipinski definition) is 1. The summed E-state index contributed by atoms with van der Waals surface area (Å²) in [4.78, 5) is 28.1. The first-order chi connectivity index (χ1) is 14.4. The molecule has 0 aliphatic carbocycles. The van der Waals surface area contributed by atoms with E-state index in [1.54, 1.807) is 13.0 Å². The first-order valence-corrected chi connectivity index (χ1v) is 10.7. The highest BCUT2D eigenvalue weighted by atomic mass is 32.1. The molecule has 1 amide bonds. The Morgan fingerprint density at radius 1 is 1.17 bits per heavy atom. The average molecular weight is 426 g/mol. The number of ether oxygens (including phenoxy) is 1. The summed E-state index contributed by atoms with van der Waals surface area (Å²) in [6.45, 7) is 11.6. The summed E-state index contributed by atoms with van der Waals surface area (Å²) in [5.74, 6) is -1.04. The van der Waals surface area contributed by atoms with Crippen molar-refractivity contribution in [3.63, 3.8) is 0 Å². The summed E-state index contributed by atoms with van der Waals surface area (Å²) in [7, 11) is 0. The van der Waals surface area contributed by atoms with Gasteiger partial charge in [-0.3, -0.25) is 4.79 Å². The van der Waals surface area contributed by atoms with Gasteiger partial charge in [0.1, 0.15) is 16.6 Å². The normalized spacial score (nSPS) is 11.0. The maximum atomic E-state index is 12.7. The number of nitriles is 1. The maximum absolute atomic E-state index is 12.7. The molecule has 1 N–H and O–H groups in total. The standard InChI is InChI=1S/C23H27N3O3S/c1-6-26(7-2)19-11-9-17(10-12-19)13-18(14-24)21(27)25-22-20(23(28)29-8-3)15(4)16(5)30-22/h9-13H,6-8H2,1-5H3,(H,25,27). The van der Waals surface area contributed by atoms with Crippen LogP contribution >= 0.6 is 11.3 Å². The lowest BCUT2D eigenvalue weighted by atomic mass is 10.1. The summed E-state index contributed by atoms with van der Waals surface area (Å²) in [6, 6.07) is 9.64. The second kappa shape index (κ2) is 10.6. The van der Waals surface area contributed by atoms with Crippen molar-refractivity contribution < 1.29 is 14.3 Å². The van der Waals surface area contributed by atoms with E-state index >= 15 is 0 Å². The highest BCUT2D eigenvalue weighted by Crippen LogP contribution is 2.33. The summed E-state index contributed by atoms with van der Waals surface area (Å²) in [5.41, 5.74) is 2.91. The van der Waals surface area contributed by atoms with Crippen LogP contribution in [0.15, 0.2) is 29.8 Å². The van der Waals surface area contributed by atoms with Crippen LogP contribution in [0, 0.1) is 25.2 Å². The van der Waals surface area contributed by atoms with Gasteiger partial charge >= 0.3 is 5.97 Å². The molecular formula is C23H27N3O3S. The first kappa shape index (κ1) is 23.2. The maximum Gasteiger partial charge on any atom is 0.341 e. The van der Waals surface area contributed by atoms with Crippen molar-refractivity contribution in [3.05, 3.63) is 51.4 Å². The molecule has 0 unspecified atom stereocenters. The van der Waals surface area contributed by atoms with E-state index in [1.165, 1.54) is 11.3 Å². The van der Waals surface area contributed by atoms with Crippen LogP contribution in [0.1, 0.15) is 47.1 Å². The number of amides is 1. The van der Waals surface area contributed by atoms with Gasteiger partial charge in [0.05, 0.1) is 12.2 Å². The molecular weight excluding hydrogens is 398 g/mol. The average Bonchev–Trinajstić information content (AvgIpc) is 3.01. The van der Waals surface area contributed by atoms with Crippen LogP contribution in [-0.4, -0.2) is 31.6 Å². The van der Waals surface area contributed by atoms with Gasteiger partial charge in [0, 0.05) is 23.7 Å². The highest BCUT2D eigenvalue weighted by molar-refractivity contribution is 7.16. The Labute approximate surface area is 181 Å². The van der Waals surface area contributed by atoms with E-state index in [1.807, 2.05) is 44.2 Å². The molecule has 1 heterocycles. The van der Waals surface area contributed by atoms with Crippen LogP contribution in [0.3, 0.4) is 0 Å². The van der Waals surface area contributed by atoms with Crippen molar-refractivity contribution in [2.24, 2.45) is 0 Å². The number of carbonyl (C=O) groups is 2. The van der Waals surface area contributed by atoms with E-state index in [9.17, 15) is 14.9 Å². The molecule has 0 radical (unpaired) electrons. The van der Waals surface area contributed by atoms with Gasteiger partial charge in [0.25, 0.3) is 5.91 Å². The van der Waals surface area contributed by atoms with Crippen molar-refractivity contribution in [1.82, 2.24) is 0 Å². The second-order valence-corrected chi connectivity index (χ2v) is 7.82. The molecule has 7 heteroatoms. The van der Waals surface area contributed by atoms with E-state index in [2.05, 4.69) is 24.1 Å². The van der Waals surface area contributed by atoms with E-state index < -0.39 is 11.9 Å². The van der Waals surface area contributed by atoms with Crippen LogP contribution in [0.2, 0.25) is 0 Å². The van der Waals surface area contributed by atoms with Gasteiger partial charge in [0.2, 0.25) is 0 Å². The molecule has 30 heavy (non-hydrogen) atoms. The zero-order valence-electron chi connectivity index (χ0n) is 18.0. The number of esters is 1. The smallest absolute Gasteiger partial charge is 0.341 e. The fraction of sp³-hybridized carbons (Fsp3) is 0.348. The Kier molecular flexibility index (Phi) is 8.19. The predicted octanol–water partition coefficient (Wildman–Crippen LogP) is 4.93. The van der Waals surface area contributed by atoms with Gasteiger partial charge in [-0.15, -0.1) is 11.3 Å². The van der Waals surface area contributed by atoms with Crippen molar-refractivity contribution >= 4 is 40.0 Å². The molecule has 2 rings (SSSR count). The van der Waals surface area contributed by atoms with Crippen molar-refractivity contribution in [3.8, 4) is 6.07 Å². The Bertz CT molecular complexity index is 980. The van der Waals surface area contributed by atoms with E-state index in [-0.39, 0.29) is 12.2 Å². The molecule has 0 fully saturated rings. The summed E-state index contributed by atoms with van der Waals surface area (Å²) < 4.78 is 5.11. The van der Waals surface area contributed by atoms with Gasteiger partial charge in [0.15, 0.2) is 0 Å². The van der Waals surface area contributed by atoms with Gasteiger partial charge in [-0.2, -0.15) is 5.26 Å². The van der Waals surface area contributed by atoms with Crippen LogP contribution in [0.4, 0.5) is 10.7 Å². The molecule has 0 spiro atoms. The molecule has 0 bridgehead atoms. The minimum atomic E-state index is -0.558. The van der Waals surface area contributed by atoms with Crippen LogP contribution in [0.5, 0.6) is 0 Å². The number of nitrogens with zero attached hydrogens (tertiary/aromatic N) is 2. The number of hydrogen-bond acceptors (Lipinski definition) is 6. The molecule has 0 aliphatic heterocycles. The summed E-state index contributed by atoms with van der Waals surface area (Å²) in [5, 5.41) is 12.6. The van der Waals surface area contributed by atoms with Crippen LogP contribution in [-0.2, 0) is 9.53 Å².